The fourth-order valence-electron chi connectivity index (χ4n) is 1.76. The zero-order chi connectivity index (χ0) is 9.97. The van der Waals surface area contributed by atoms with Crippen LogP contribution in [0.5, 0.6) is 0 Å². The van der Waals surface area contributed by atoms with Crippen molar-refractivity contribution in [1.29, 1.82) is 0 Å². The van der Waals surface area contributed by atoms with E-state index in [2.05, 4.69) is 20.3 Å². The number of H-pyrrole nitrogens is 1. The van der Waals surface area contributed by atoms with Gasteiger partial charge in [0.2, 0.25) is 0 Å². The van der Waals surface area contributed by atoms with Crippen LogP contribution in [0.4, 0.5) is 4.79 Å². The van der Waals surface area contributed by atoms with Gasteiger partial charge in [-0.3, -0.25) is 5.10 Å². The van der Waals surface area contributed by atoms with Crippen LogP contribution in [-0.4, -0.2) is 29.4 Å². The van der Waals surface area contributed by atoms with E-state index in [-0.39, 0.29) is 12.1 Å². The summed E-state index contributed by atoms with van der Waals surface area (Å²) < 4.78 is 4.55. The third-order valence-corrected chi connectivity index (χ3v) is 2.53. The first-order valence-corrected chi connectivity index (χ1v) is 4.65. The average Bonchev–Trinajstić information content (AvgIpc) is 2.64. The molecule has 0 radical (unpaired) electrons. The van der Waals surface area contributed by atoms with Gasteiger partial charge in [0.25, 0.3) is 0 Å². The standard InChI is InChI=1S/C9H13N3O2/c1-14-9(13)11-7-3-2-6-5-10-12-8(6)4-7/h5,7H,2-4H2,1H3,(H,10,12)(H,11,13). The molecule has 0 fully saturated rings. The molecule has 1 aliphatic rings. The molecule has 0 aliphatic heterocycles. The third-order valence-electron chi connectivity index (χ3n) is 2.53. The predicted molar refractivity (Wildman–Crippen MR) is 49.9 cm³/mol. The van der Waals surface area contributed by atoms with E-state index in [4.69, 9.17) is 0 Å². The van der Waals surface area contributed by atoms with Gasteiger partial charge in [0, 0.05) is 18.2 Å². The molecule has 0 saturated heterocycles. The monoisotopic (exact) mass is 195 g/mol. The number of nitrogens with zero attached hydrogens (tertiary/aromatic N) is 1. The average molecular weight is 195 g/mol. The van der Waals surface area contributed by atoms with Crippen molar-refractivity contribution in [2.45, 2.75) is 25.3 Å². The van der Waals surface area contributed by atoms with Gasteiger partial charge in [0.15, 0.2) is 0 Å². The molecule has 1 amide bonds. The number of alkyl carbamates (subject to hydrolysis) is 1. The Hall–Kier alpha value is -1.52. The Kier molecular flexibility index (Phi) is 2.39. The molecule has 0 saturated carbocycles. The smallest absolute Gasteiger partial charge is 0.407 e. The van der Waals surface area contributed by atoms with Crippen LogP contribution in [0.15, 0.2) is 6.20 Å². The van der Waals surface area contributed by atoms with Crippen molar-refractivity contribution in [2.75, 3.05) is 7.11 Å². The van der Waals surface area contributed by atoms with Gasteiger partial charge in [-0.05, 0) is 18.4 Å². The van der Waals surface area contributed by atoms with Crippen LogP contribution in [0.2, 0.25) is 0 Å². The minimum Gasteiger partial charge on any atom is -0.453 e. The van der Waals surface area contributed by atoms with Crippen LogP contribution < -0.4 is 5.32 Å². The van der Waals surface area contributed by atoms with Gasteiger partial charge in [-0.25, -0.2) is 4.79 Å². The summed E-state index contributed by atoms with van der Waals surface area (Å²) in [5.74, 6) is 0. The van der Waals surface area contributed by atoms with Crippen LogP contribution in [0.1, 0.15) is 17.7 Å². The number of methoxy groups -OCH3 is 1. The Morgan fingerprint density at radius 2 is 2.64 bits per heavy atom. The van der Waals surface area contributed by atoms with Gasteiger partial charge < -0.3 is 10.1 Å². The summed E-state index contributed by atoms with van der Waals surface area (Å²) in [4.78, 5) is 11.0. The maximum absolute atomic E-state index is 11.0. The highest BCUT2D eigenvalue weighted by Crippen LogP contribution is 2.18. The van der Waals surface area contributed by atoms with Gasteiger partial charge in [-0.1, -0.05) is 0 Å². The van der Waals surface area contributed by atoms with Crippen LogP contribution in [0, 0.1) is 0 Å². The van der Waals surface area contributed by atoms with E-state index in [1.165, 1.54) is 12.7 Å². The van der Waals surface area contributed by atoms with Crippen LogP contribution in [-0.2, 0) is 17.6 Å². The molecule has 1 atom stereocenters. The Balaban J connectivity index is 1.97. The summed E-state index contributed by atoms with van der Waals surface area (Å²) in [6.07, 6.45) is 4.20. The van der Waals surface area contributed by atoms with Gasteiger partial charge >= 0.3 is 6.09 Å². The van der Waals surface area contributed by atoms with Gasteiger partial charge in [0.1, 0.15) is 0 Å². The summed E-state index contributed by atoms with van der Waals surface area (Å²) >= 11 is 0. The summed E-state index contributed by atoms with van der Waals surface area (Å²) in [7, 11) is 1.37. The van der Waals surface area contributed by atoms with Crippen molar-refractivity contribution < 1.29 is 9.53 Å². The number of hydrogen-bond donors (Lipinski definition) is 2. The van der Waals surface area contributed by atoms with Crippen molar-refractivity contribution in [3.63, 3.8) is 0 Å². The topological polar surface area (TPSA) is 67.0 Å². The highest BCUT2D eigenvalue weighted by Gasteiger charge is 2.21. The van der Waals surface area contributed by atoms with Gasteiger partial charge in [-0.15, -0.1) is 0 Å². The first-order valence-electron chi connectivity index (χ1n) is 4.65. The van der Waals surface area contributed by atoms with Crippen molar-refractivity contribution in [2.24, 2.45) is 0 Å². The molecule has 1 aromatic rings. The summed E-state index contributed by atoms with van der Waals surface area (Å²) in [5.41, 5.74) is 2.38. The van der Waals surface area contributed by atoms with Crippen LogP contribution in [0.3, 0.4) is 0 Å². The van der Waals surface area contributed by atoms with E-state index in [9.17, 15) is 4.79 Å². The van der Waals surface area contributed by atoms with Crippen molar-refractivity contribution in [3.8, 4) is 0 Å². The third kappa shape index (κ3) is 1.71. The lowest BCUT2D eigenvalue weighted by molar-refractivity contribution is 0.165. The van der Waals surface area contributed by atoms with E-state index in [1.54, 1.807) is 0 Å². The molecule has 0 bridgehead atoms. The number of rotatable bonds is 1. The van der Waals surface area contributed by atoms with E-state index in [0.717, 1.165) is 25.0 Å². The number of aromatic amines is 1. The zero-order valence-corrected chi connectivity index (χ0v) is 8.04. The maximum Gasteiger partial charge on any atom is 0.407 e. The quantitative estimate of drug-likeness (QED) is 0.690. The number of amides is 1. The Bertz CT molecular complexity index is 335. The Morgan fingerprint density at radius 3 is 3.43 bits per heavy atom. The minimum absolute atomic E-state index is 0.162. The molecule has 1 unspecified atom stereocenters. The number of hydrogen-bond acceptors (Lipinski definition) is 3. The molecule has 14 heavy (non-hydrogen) atoms. The zero-order valence-electron chi connectivity index (χ0n) is 8.04. The summed E-state index contributed by atoms with van der Waals surface area (Å²) in [6.45, 7) is 0. The van der Waals surface area contributed by atoms with Crippen molar-refractivity contribution in [3.05, 3.63) is 17.5 Å². The fourth-order valence-corrected chi connectivity index (χ4v) is 1.76. The van der Waals surface area contributed by atoms with Gasteiger partial charge in [-0.2, -0.15) is 5.10 Å². The highest BCUT2D eigenvalue weighted by atomic mass is 16.5. The molecule has 1 heterocycles. The number of ether oxygens (including phenoxy) is 1. The molecule has 5 heteroatoms. The number of nitrogens with one attached hydrogen (secondary N) is 2. The molecule has 76 valence electrons. The largest absolute Gasteiger partial charge is 0.453 e. The molecule has 1 aromatic heterocycles. The fraction of sp³-hybridized carbons (Fsp3) is 0.556. The number of carbonyl (C=O) groups excluding carboxylic acids is 1. The lowest BCUT2D eigenvalue weighted by Gasteiger charge is -2.21. The number of carbonyl (C=O) groups is 1. The molecular weight excluding hydrogens is 182 g/mol. The second-order valence-corrected chi connectivity index (χ2v) is 3.45. The van der Waals surface area contributed by atoms with E-state index in [0.29, 0.717) is 0 Å². The number of aromatic nitrogens is 2. The molecule has 1 aliphatic carbocycles. The lowest BCUT2D eigenvalue weighted by Crippen LogP contribution is -2.38. The summed E-state index contributed by atoms with van der Waals surface area (Å²) in [6, 6.07) is 0.162. The molecule has 5 nitrogen and oxygen atoms in total. The number of fused-ring (bicyclic) bond motifs is 1. The Labute approximate surface area is 81.8 Å². The number of aryl methyl sites for hydroxylation is 1. The minimum atomic E-state index is -0.363. The molecule has 2 rings (SSSR count). The second-order valence-electron chi connectivity index (χ2n) is 3.45. The van der Waals surface area contributed by atoms with Gasteiger partial charge in [0.05, 0.1) is 13.3 Å². The summed E-state index contributed by atoms with van der Waals surface area (Å²) in [5, 5.41) is 9.70. The maximum atomic E-state index is 11.0. The highest BCUT2D eigenvalue weighted by molar-refractivity contribution is 5.67. The van der Waals surface area contributed by atoms with Crippen molar-refractivity contribution in [1.82, 2.24) is 15.5 Å². The first kappa shape index (κ1) is 9.05. The SMILES string of the molecule is COC(=O)NC1CCc2cn[nH]c2C1. The molecule has 0 spiro atoms. The van der Waals surface area contributed by atoms with Crippen molar-refractivity contribution >= 4 is 6.09 Å². The van der Waals surface area contributed by atoms with E-state index >= 15 is 0 Å². The molecular formula is C9H13N3O2. The van der Waals surface area contributed by atoms with E-state index < -0.39 is 0 Å². The molecule has 2 N–H and O–H groups in total. The Morgan fingerprint density at radius 1 is 1.79 bits per heavy atom. The van der Waals surface area contributed by atoms with E-state index in [1.807, 2.05) is 6.20 Å². The lowest BCUT2D eigenvalue weighted by atomic mass is 9.94. The van der Waals surface area contributed by atoms with Crippen LogP contribution >= 0.6 is 0 Å². The molecule has 0 aromatic carbocycles. The first-order chi connectivity index (χ1) is 6.79. The predicted octanol–water partition coefficient (Wildman–Crippen LogP) is 0.623. The normalized spacial score (nSPS) is 19.9. The van der Waals surface area contributed by atoms with Crippen LogP contribution in [0.25, 0.3) is 0 Å². The second kappa shape index (κ2) is 3.69.